The molecule has 0 aliphatic carbocycles. The zero-order valence-corrected chi connectivity index (χ0v) is 9.48. The fraction of sp³-hybridized carbons (Fsp3) is 0.462. The largest absolute Gasteiger partial charge is 0.361 e. The third-order valence-electron chi connectivity index (χ3n) is 2.85. The minimum absolute atomic E-state index is 0.451. The third kappa shape index (κ3) is 2.58. The quantitative estimate of drug-likeness (QED) is 0.734. The van der Waals surface area contributed by atoms with Crippen LogP contribution in [0.25, 0.3) is 0 Å². The monoisotopic (exact) mass is 202 g/mol. The van der Waals surface area contributed by atoms with E-state index in [1.165, 1.54) is 11.1 Å². The molecule has 15 heavy (non-hydrogen) atoms. The molecule has 0 radical (unpaired) electrons. The lowest BCUT2D eigenvalue weighted by Crippen LogP contribution is -2.24. The minimum Gasteiger partial charge on any atom is -0.361 e. The Kier molecular flexibility index (Phi) is 3.05. The van der Waals surface area contributed by atoms with E-state index in [1.54, 1.807) is 0 Å². The van der Waals surface area contributed by atoms with Crippen molar-refractivity contribution in [3.05, 3.63) is 35.4 Å². The molecule has 0 N–H and O–H groups in total. The molecule has 1 aliphatic rings. The summed E-state index contributed by atoms with van der Waals surface area (Å²) in [7, 11) is 0. The maximum Gasteiger partial charge on any atom is 0.0854 e. The average molecular weight is 202 g/mol. The molecule has 1 aromatic rings. The van der Waals surface area contributed by atoms with Gasteiger partial charge in [0.15, 0.2) is 0 Å². The first-order chi connectivity index (χ1) is 7.28. The molecule has 0 saturated carbocycles. The molecular formula is C13H18N2. The van der Waals surface area contributed by atoms with E-state index in [2.05, 4.69) is 48.0 Å². The van der Waals surface area contributed by atoms with Crippen molar-refractivity contribution in [2.45, 2.75) is 26.3 Å². The highest BCUT2D eigenvalue weighted by Gasteiger charge is 2.15. The van der Waals surface area contributed by atoms with E-state index in [0.717, 1.165) is 19.5 Å². The van der Waals surface area contributed by atoms with E-state index in [0.29, 0.717) is 6.04 Å². The van der Waals surface area contributed by atoms with Gasteiger partial charge in [0, 0.05) is 13.1 Å². The molecule has 0 saturated heterocycles. The fourth-order valence-electron chi connectivity index (χ4n) is 1.99. The Bertz CT molecular complexity index is 357. The number of likely N-dealkylation sites (N-methyl/N-ethyl adjacent to an activating group) is 1. The van der Waals surface area contributed by atoms with Crippen LogP contribution >= 0.6 is 0 Å². The summed E-state index contributed by atoms with van der Waals surface area (Å²) in [6.45, 7) is 6.44. The van der Waals surface area contributed by atoms with Gasteiger partial charge in [-0.15, -0.1) is 0 Å². The Morgan fingerprint density at radius 2 is 2.33 bits per heavy atom. The zero-order chi connectivity index (χ0) is 10.7. The van der Waals surface area contributed by atoms with Crippen molar-refractivity contribution < 1.29 is 0 Å². The number of nitrogens with zero attached hydrogens (tertiary/aromatic N) is 2. The van der Waals surface area contributed by atoms with E-state index in [-0.39, 0.29) is 0 Å². The van der Waals surface area contributed by atoms with Crippen LogP contribution in [0.15, 0.2) is 29.3 Å². The second kappa shape index (κ2) is 4.47. The van der Waals surface area contributed by atoms with Crippen molar-refractivity contribution in [1.29, 1.82) is 0 Å². The van der Waals surface area contributed by atoms with Gasteiger partial charge >= 0.3 is 0 Å². The van der Waals surface area contributed by atoms with Crippen molar-refractivity contribution in [2.75, 3.05) is 13.1 Å². The standard InChI is InChI=1S/C13H18N2/c1-3-15-9-13(14-10-15)8-12-6-4-5-11(2)7-12/h4-7,10,13H,3,8-9H2,1-2H3. The normalized spacial score (nSPS) is 19.9. The maximum absolute atomic E-state index is 4.51. The number of hydrogen-bond acceptors (Lipinski definition) is 2. The van der Waals surface area contributed by atoms with Crippen LogP contribution in [0.5, 0.6) is 0 Å². The predicted molar refractivity (Wildman–Crippen MR) is 64.4 cm³/mol. The Morgan fingerprint density at radius 1 is 1.47 bits per heavy atom. The van der Waals surface area contributed by atoms with Crippen molar-refractivity contribution >= 4 is 6.34 Å². The summed E-state index contributed by atoms with van der Waals surface area (Å²) in [6.07, 6.45) is 3.05. The van der Waals surface area contributed by atoms with E-state index < -0.39 is 0 Å². The summed E-state index contributed by atoms with van der Waals surface area (Å²) in [4.78, 5) is 6.78. The van der Waals surface area contributed by atoms with Crippen LogP contribution in [0.4, 0.5) is 0 Å². The van der Waals surface area contributed by atoms with Gasteiger partial charge in [-0.3, -0.25) is 4.99 Å². The second-order valence-corrected chi connectivity index (χ2v) is 4.20. The highest BCUT2D eigenvalue weighted by atomic mass is 15.2. The number of benzene rings is 1. The smallest absolute Gasteiger partial charge is 0.0854 e. The van der Waals surface area contributed by atoms with Crippen LogP contribution in [-0.4, -0.2) is 30.4 Å². The van der Waals surface area contributed by atoms with Gasteiger partial charge in [0.25, 0.3) is 0 Å². The first-order valence-electron chi connectivity index (χ1n) is 5.61. The summed E-state index contributed by atoms with van der Waals surface area (Å²) in [5.41, 5.74) is 2.73. The van der Waals surface area contributed by atoms with Gasteiger partial charge in [0.1, 0.15) is 0 Å². The summed E-state index contributed by atoms with van der Waals surface area (Å²) in [6, 6.07) is 9.16. The Balaban J connectivity index is 1.96. The molecule has 1 aliphatic heterocycles. The number of aliphatic imine (C=N–C) groups is 1. The highest BCUT2D eigenvalue weighted by Crippen LogP contribution is 2.12. The molecule has 0 spiro atoms. The molecule has 0 fully saturated rings. The summed E-state index contributed by atoms with van der Waals surface area (Å²) >= 11 is 0. The number of aryl methyl sites for hydroxylation is 1. The first-order valence-corrected chi connectivity index (χ1v) is 5.61. The maximum atomic E-state index is 4.51. The van der Waals surface area contributed by atoms with Gasteiger partial charge in [-0.1, -0.05) is 29.8 Å². The topological polar surface area (TPSA) is 15.6 Å². The molecule has 1 unspecified atom stereocenters. The summed E-state index contributed by atoms with van der Waals surface area (Å²) in [5.74, 6) is 0. The Labute approximate surface area is 91.6 Å². The van der Waals surface area contributed by atoms with E-state index in [4.69, 9.17) is 0 Å². The molecule has 0 aromatic heterocycles. The molecular weight excluding hydrogens is 184 g/mol. The Hall–Kier alpha value is -1.31. The average Bonchev–Trinajstić information content (AvgIpc) is 2.65. The minimum atomic E-state index is 0.451. The van der Waals surface area contributed by atoms with Gasteiger partial charge in [-0.2, -0.15) is 0 Å². The Morgan fingerprint density at radius 3 is 3.00 bits per heavy atom. The van der Waals surface area contributed by atoms with Crippen LogP contribution in [0.2, 0.25) is 0 Å². The van der Waals surface area contributed by atoms with Gasteiger partial charge in [-0.25, -0.2) is 0 Å². The van der Waals surface area contributed by atoms with Crippen molar-refractivity contribution in [2.24, 2.45) is 4.99 Å². The van der Waals surface area contributed by atoms with Crippen molar-refractivity contribution in [1.82, 2.24) is 4.90 Å². The van der Waals surface area contributed by atoms with E-state index in [9.17, 15) is 0 Å². The summed E-state index contributed by atoms with van der Waals surface area (Å²) < 4.78 is 0. The fourth-order valence-corrected chi connectivity index (χ4v) is 1.99. The van der Waals surface area contributed by atoms with Crippen LogP contribution in [0, 0.1) is 6.92 Å². The van der Waals surface area contributed by atoms with Gasteiger partial charge in [0.05, 0.1) is 12.4 Å². The molecule has 80 valence electrons. The number of hydrogen-bond donors (Lipinski definition) is 0. The zero-order valence-electron chi connectivity index (χ0n) is 9.48. The van der Waals surface area contributed by atoms with E-state index >= 15 is 0 Å². The van der Waals surface area contributed by atoms with Gasteiger partial charge in [-0.05, 0) is 25.8 Å². The molecule has 1 heterocycles. The molecule has 2 rings (SSSR count). The molecule has 1 aromatic carbocycles. The third-order valence-corrected chi connectivity index (χ3v) is 2.85. The number of rotatable bonds is 3. The molecule has 1 atom stereocenters. The van der Waals surface area contributed by atoms with E-state index in [1.807, 2.05) is 6.34 Å². The SMILES string of the molecule is CCN1C=NC(Cc2cccc(C)c2)C1. The lowest BCUT2D eigenvalue weighted by molar-refractivity contribution is 0.449. The van der Waals surface area contributed by atoms with Crippen LogP contribution < -0.4 is 0 Å². The molecule has 0 bridgehead atoms. The van der Waals surface area contributed by atoms with Crippen LogP contribution in [0.3, 0.4) is 0 Å². The van der Waals surface area contributed by atoms with Crippen molar-refractivity contribution in [3.63, 3.8) is 0 Å². The van der Waals surface area contributed by atoms with Crippen LogP contribution in [-0.2, 0) is 6.42 Å². The van der Waals surface area contributed by atoms with Crippen molar-refractivity contribution in [3.8, 4) is 0 Å². The van der Waals surface area contributed by atoms with Crippen LogP contribution in [0.1, 0.15) is 18.1 Å². The molecule has 2 heteroatoms. The second-order valence-electron chi connectivity index (χ2n) is 4.20. The summed E-state index contributed by atoms with van der Waals surface area (Å²) in [5, 5.41) is 0. The lowest BCUT2D eigenvalue weighted by atomic mass is 10.0. The predicted octanol–water partition coefficient (Wildman–Crippen LogP) is 2.27. The highest BCUT2D eigenvalue weighted by molar-refractivity contribution is 5.57. The lowest BCUT2D eigenvalue weighted by Gasteiger charge is -2.13. The van der Waals surface area contributed by atoms with Gasteiger partial charge in [0.2, 0.25) is 0 Å². The first kappa shape index (κ1) is 10.2. The van der Waals surface area contributed by atoms with Gasteiger partial charge < -0.3 is 4.90 Å². The molecule has 2 nitrogen and oxygen atoms in total. The molecule has 0 amide bonds.